The Morgan fingerprint density at radius 1 is 1.07 bits per heavy atom. The number of carbonyl (C=O) groups excluding carboxylic acids is 1. The molecule has 2 aromatic rings. The van der Waals surface area contributed by atoms with Crippen molar-refractivity contribution in [2.45, 2.75) is 51.9 Å². The van der Waals surface area contributed by atoms with Crippen LogP contribution < -0.4 is 0 Å². The Morgan fingerprint density at radius 2 is 1.78 bits per heavy atom. The van der Waals surface area contributed by atoms with Gasteiger partial charge >= 0.3 is 5.97 Å². The van der Waals surface area contributed by atoms with Crippen LogP contribution in [0.15, 0.2) is 48.5 Å². The first kappa shape index (κ1) is 20.8. The molecule has 0 amide bonds. The lowest BCUT2D eigenvalue weighted by molar-refractivity contribution is 0.0483. The van der Waals surface area contributed by atoms with Crippen LogP contribution in [0.5, 0.6) is 11.5 Å². The van der Waals surface area contributed by atoms with E-state index >= 15 is 0 Å². The maximum absolute atomic E-state index is 11.9. The zero-order chi connectivity index (χ0) is 19.9. The SMILES string of the molecule is CC(CCCC(C)(C)c1ccc(O)cc1O)CCOC(=O)c1ccccc1. The molecule has 0 bridgehead atoms. The van der Waals surface area contributed by atoms with Crippen LogP contribution in [0.2, 0.25) is 0 Å². The van der Waals surface area contributed by atoms with Crippen molar-refractivity contribution >= 4 is 5.97 Å². The molecule has 0 spiro atoms. The number of rotatable bonds is 9. The molecule has 0 aliphatic rings. The second kappa shape index (κ2) is 9.45. The fourth-order valence-electron chi connectivity index (χ4n) is 3.27. The quantitative estimate of drug-likeness (QED) is 0.578. The van der Waals surface area contributed by atoms with E-state index < -0.39 is 0 Å². The molecular formula is C23H30O4. The molecule has 27 heavy (non-hydrogen) atoms. The average molecular weight is 370 g/mol. The van der Waals surface area contributed by atoms with Gasteiger partial charge in [0.25, 0.3) is 0 Å². The summed E-state index contributed by atoms with van der Waals surface area (Å²) >= 11 is 0. The number of hydrogen-bond acceptors (Lipinski definition) is 4. The predicted octanol–water partition coefficient (Wildman–Crippen LogP) is 5.43. The van der Waals surface area contributed by atoms with Gasteiger partial charge in [-0.05, 0) is 47.9 Å². The van der Waals surface area contributed by atoms with E-state index in [0.717, 1.165) is 31.2 Å². The molecule has 146 valence electrons. The van der Waals surface area contributed by atoms with Gasteiger partial charge in [0, 0.05) is 6.07 Å². The van der Waals surface area contributed by atoms with Crippen molar-refractivity contribution in [2.75, 3.05) is 6.61 Å². The van der Waals surface area contributed by atoms with Gasteiger partial charge in [-0.25, -0.2) is 4.79 Å². The third-order valence-electron chi connectivity index (χ3n) is 5.06. The Bertz CT molecular complexity index is 737. The van der Waals surface area contributed by atoms with Crippen molar-refractivity contribution in [1.29, 1.82) is 0 Å². The third-order valence-corrected chi connectivity index (χ3v) is 5.06. The standard InChI is InChI=1S/C23H30O4/c1-17(13-15-27-22(26)18-9-5-4-6-10-18)8-7-14-23(2,3)20-12-11-19(24)16-21(20)25/h4-6,9-12,16-17,24-25H,7-8,13-15H2,1-3H3. The summed E-state index contributed by atoms with van der Waals surface area (Å²) in [6.45, 7) is 6.80. The van der Waals surface area contributed by atoms with Gasteiger partial charge in [0.1, 0.15) is 11.5 Å². The molecule has 1 atom stereocenters. The third kappa shape index (κ3) is 6.31. The Hall–Kier alpha value is -2.49. The van der Waals surface area contributed by atoms with Crippen LogP contribution in [0.1, 0.15) is 62.4 Å². The lowest BCUT2D eigenvalue weighted by Gasteiger charge is -2.27. The summed E-state index contributed by atoms with van der Waals surface area (Å²) in [5.41, 5.74) is 1.27. The van der Waals surface area contributed by atoms with Crippen molar-refractivity contribution in [3.8, 4) is 11.5 Å². The molecule has 0 saturated heterocycles. The van der Waals surface area contributed by atoms with Gasteiger partial charge in [-0.3, -0.25) is 0 Å². The Labute approximate surface area is 161 Å². The highest BCUT2D eigenvalue weighted by Crippen LogP contribution is 2.37. The monoisotopic (exact) mass is 370 g/mol. The Morgan fingerprint density at radius 3 is 2.44 bits per heavy atom. The first-order valence-electron chi connectivity index (χ1n) is 9.54. The zero-order valence-corrected chi connectivity index (χ0v) is 16.4. The van der Waals surface area contributed by atoms with E-state index in [1.807, 2.05) is 18.2 Å². The largest absolute Gasteiger partial charge is 0.508 e. The van der Waals surface area contributed by atoms with Gasteiger partial charge in [-0.2, -0.15) is 0 Å². The van der Waals surface area contributed by atoms with Crippen molar-refractivity contribution in [2.24, 2.45) is 5.92 Å². The van der Waals surface area contributed by atoms with Crippen molar-refractivity contribution in [3.05, 3.63) is 59.7 Å². The maximum atomic E-state index is 11.9. The lowest BCUT2D eigenvalue weighted by atomic mass is 9.79. The Balaban J connectivity index is 1.72. The number of ether oxygens (including phenoxy) is 1. The van der Waals surface area contributed by atoms with Gasteiger partial charge in [-0.15, -0.1) is 0 Å². The van der Waals surface area contributed by atoms with E-state index in [0.29, 0.717) is 18.1 Å². The molecule has 0 saturated carbocycles. The van der Waals surface area contributed by atoms with Crippen LogP contribution in [-0.2, 0) is 10.2 Å². The highest BCUT2D eigenvalue weighted by atomic mass is 16.5. The van der Waals surface area contributed by atoms with Gasteiger partial charge in [0.05, 0.1) is 12.2 Å². The molecule has 2 aromatic carbocycles. The number of phenols is 2. The predicted molar refractivity (Wildman–Crippen MR) is 107 cm³/mol. The van der Waals surface area contributed by atoms with E-state index in [4.69, 9.17) is 4.74 Å². The van der Waals surface area contributed by atoms with E-state index in [1.165, 1.54) is 6.07 Å². The summed E-state index contributed by atoms with van der Waals surface area (Å²) in [6.07, 6.45) is 3.81. The second-order valence-corrected chi connectivity index (χ2v) is 7.87. The van der Waals surface area contributed by atoms with Crippen LogP contribution >= 0.6 is 0 Å². The molecule has 4 nitrogen and oxygen atoms in total. The fourth-order valence-corrected chi connectivity index (χ4v) is 3.27. The second-order valence-electron chi connectivity index (χ2n) is 7.87. The molecule has 1 unspecified atom stereocenters. The van der Waals surface area contributed by atoms with Crippen molar-refractivity contribution in [1.82, 2.24) is 0 Å². The van der Waals surface area contributed by atoms with Crippen LogP contribution in [0.3, 0.4) is 0 Å². The zero-order valence-electron chi connectivity index (χ0n) is 16.4. The van der Waals surface area contributed by atoms with E-state index in [9.17, 15) is 15.0 Å². The summed E-state index contributed by atoms with van der Waals surface area (Å²) in [6, 6.07) is 13.8. The topological polar surface area (TPSA) is 66.8 Å². The molecule has 0 aliphatic heterocycles. The summed E-state index contributed by atoms with van der Waals surface area (Å²) in [5, 5.41) is 19.5. The minimum absolute atomic E-state index is 0.0747. The molecule has 0 aliphatic carbocycles. The summed E-state index contributed by atoms with van der Waals surface area (Å²) < 4.78 is 5.35. The first-order chi connectivity index (χ1) is 12.8. The summed E-state index contributed by atoms with van der Waals surface area (Å²) in [7, 11) is 0. The molecular weight excluding hydrogens is 340 g/mol. The molecule has 0 aromatic heterocycles. The molecule has 4 heteroatoms. The normalized spacial score (nSPS) is 12.6. The highest BCUT2D eigenvalue weighted by Gasteiger charge is 2.24. The lowest BCUT2D eigenvalue weighted by Crippen LogP contribution is -2.17. The summed E-state index contributed by atoms with van der Waals surface area (Å²) in [4.78, 5) is 11.9. The fraction of sp³-hybridized carbons (Fsp3) is 0.435. The smallest absolute Gasteiger partial charge is 0.338 e. The number of hydrogen-bond donors (Lipinski definition) is 2. The molecule has 2 rings (SSSR count). The first-order valence-corrected chi connectivity index (χ1v) is 9.54. The molecule has 2 N–H and O–H groups in total. The van der Waals surface area contributed by atoms with Crippen molar-refractivity contribution < 1.29 is 19.7 Å². The Kier molecular flexibility index (Phi) is 7.28. The molecule has 0 heterocycles. The highest BCUT2D eigenvalue weighted by molar-refractivity contribution is 5.89. The summed E-state index contributed by atoms with van der Waals surface area (Å²) in [5.74, 6) is 0.399. The van der Waals surface area contributed by atoms with Crippen LogP contribution in [0.25, 0.3) is 0 Å². The van der Waals surface area contributed by atoms with Gasteiger partial charge in [0.15, 0.2) is 0 Å². The number of aromatic hydroxyl groups is 2. The maximum Gasteiger partial charge on any atom is 0.338 e. The average Bonchev–Trinajstić information content (AvgIpc) is 2.61. The van der Waals surface area contributed by atoms with Gasteiger partial charge in [0.2, 0.25) is 0 Å². The van der Waals surface area contributed by atoms with Crippen LogP contribution in [0, 0.1) is 5.92 Å². The van der Waals surface area contributed by atoms with Crippen molar-refractivity contribution in [3.63, 3.8) is 0 Å². The number of esters is 1. The number of benzene rings is 2. The van der Waals surface area contributed by atoms with Crippen LogP contribution in [-0.4, -0.2) is 22.8 Å². The van der Waals surface area contributed by atoms with Gasteiger partial charge < -0.3 is 14.9 Å². The minimum Gasteiger partial charge on any atom is -0.508 e. The van der Waals surface area contributed by atoms with Crippen LogP contribution in [0.4, 0.5) is 0 Å². The van der Waals surface area contributed by atoms with E-state index in [-0.39, 0.29) is 22.9 Å². The van der Waals surface area contributed by atoms with Gasteiger partial charge in [-0.1, -0.05) is 57.9 Å². The molecule has 0 fully saturated rings. The van der Waals surface area contributed by atoms with E-state index in [1.54, 1.807) is 24.3 Å². The molecule has 0 radical (unpaired) electrons. The number of carbonyl (C=O) groups is 1. The number of phenolic OH excluding ortho intramolecular Hbond substituents is 2. The minimum atomic E-state index is -0.272. The van der Waals surface area contributed by atoms with E-state index in [2.05, 4.69) is 20.8 Å².